The van der Waals surface area contributed by atoms with Gasteiger partial charge in [-0.25, -0.2) is 4.99 Å². The zero-order valence-corrected chi connectivity index (χ0v) is 20.8. The van der Waals surface area contributed by atoms with Gasteiger partial charge in [-0.05, 0) is 31.5 Å². The van der Waals surface area contributed by atoms with Crippen molar-refractivity contribution >= 4 is 41.5 Å². The summed E-state index contributed by atoms with van der Waals surface area (Å²) in [4.78, 5) is 19.9. The molecule has 0 aromatic heterocycles. The van der Waals surface area contributed by atoms with Gasteiger partial charge in [-0.15, -0.1) is 24.0 Å². The first kappa shape index (κ1) is 27.5. The number of carbonyl (C=O) groups excluding carboxylic acids is 1. The molecule has 0 aliphatic carbocycles. The molecule has 2 N–H and O–H groups in total. The molecule has 6 nitrogen and oxygen atoms in total. The number of amides is 1. The van der Waals surface area contributed by atoms with Gasteiger partial charge >= 0.3 is 6.18 Å². The van der Waals surface area contributed by atoms with Crippen molar-refractivity contribution in [2.24, 2.45) is 10.9 Å². The highest BCUT2D eigenvalue weighted by molar-refractivity contribution is 14.0. The minimum absolute atomic E-state index is 0. The monoisotopic (exact) mass is 555 g/mol. The Bertz CT molecular complexity index is 717. The lowest BCUT2D eigenvalue weighted by atomic mass is 10.1. The van der Waals surface area contributed by atoms with Crippen molar-refractivity contribution in [1.82, 2.24) is 15.1 Å². The van der Waals surface area contributed by atoms with Gasteiger partial charge in [0.25, 0.3) is 0 Å². The average Bonchev–Trinajstić information content (AvgIpc) is 2.71. The Balaban J connectivity index is 0.00000480. The predicted molar refractivity (Wildman–Crippen MR) is 129 cm³/mol. The number of alkyl halides is 3. The number of piperazine rings is 1. The highest BCUT2D eigenvalue weighted by Gasteiger charge is 2.41. The van der Waals surface area contributed by atoms with Crippen LogP contribution in [0.3, 0.4) is 0 Å². The van der Waals surface area contributed by atoms with Crippen molar-refractivity contribution in [3.05, 3.63) is 29.8 Å². The van der Waals surface area contributed by atoms with Crippen LogP contribution in [0.15, 0.2) is 29.3 Å². The van der Waals surface area contributed by atoms with Crippen molar-refractivity contribution in [3.8, 4) is 0 Å². The van der Waals surface area contributed by atoms with Crippen LogP contribution >= 0.6 is 24.0 Å². The molecule has 1 aromatic rings. The van der Waals surface area contributed by atoms with Crippen LogP contribution in [0.1, 0.15) is 33.3 Å². The molecular formula is C21H33F3IN5O. The molecule has 0 bridgehead atoms. The number of hydrogen-bond donors (Lipinski definition) is 2. The third kappa shape index (κ3) is 8.47. The van der Waals surface area contributed by atoms with E-state index in [9.17, 15) is 18.0 Å². The van der Waals surface area contributed by atoms with Crippen molar-refractivity contribution < 1.29 is 18.0 Å². The zero-order chi connectivity index (χ0) is 22.3. The smallest absolute Gasteiger partial charge is 0.357 e. The third-order valence-corrected chi connectivity index (χ3v) is 5.13. The molecule has 10 heteroatoms. The van der Waals surface area contributed by atoms with Crippen LogP contribution in [0.25, 0.3) is 0 Å². The Labute approximate surface area is 199 Å². The molecule has 0 radical (unpaired) electrons. The van der Waals surface area contributed by atoms with Crippen molar-refractivity contribution in [2.75, 3.05) is 38.0 Å². The molecule has 1 aromatic carbocycles. The summed E-state index contributed by atoms with van der Waals surface area (Å²) in [6.45, 7) is 9.64. The Kier molecular flexibility index (Phi) is 11.1. The fraction of sp³-hybridized carbons (Fsp3) is 0.619. The summed E-state index contributed by atoms with van der Waals surface area (Å²) in [6, 6.07) is 6.07. The minimum Gasteiger partial charge on any atom is -0.357 e. The SMILES string of the molecule is CCNC(=NCc1ccc(NC(=O)C(C)C)cc1)N1CCN(C(C)C(F)(F)F)CC1.I. The Morgan fingerprint density at radius 2 is 1.68 bits per heavy atom. The van der Waals surface area contributed by atoms with Crippen LogP contribution in [0.4, 0.5) is 18.9 Å². The Hall–Kier alpha value is -1.56. The number of guanidine groups is 1. The highest BCUT2D eigenvalue weighted by Crippen LogP contribution is 2.25. The van der Waals surface area contributed by atoms with Crippen LogP contribution in [0, 0.1) is 5.92 Å². The zero-order valence-electron chi connectivity index (χ0n) is 18.5. The second kappa shape index (κ2) is 12.5. The molecule has 1 saturated heterocycles. The summed E-state index contributed by atoms with van der Waals surface area (Å²) >= 11 is 0. The van der Waals surface area contributed by atoms with Crippen LogP contribution in [0.5, 0.6) is 0 Å². The van der Waals surface area contributed by atoms with Crippen LogP contribution in [-0.2, 0) is 11.3 Å². The van der Waals surface area contributed by atoms with Crippen molar-refractivity contribution in [1.29, 1.82) is 0 Å². The molecule has 1 aliphatic heterocycles. The molecule has 0 saturated carbocycles. The molecule has 1 unspecified atom stereocenters. The van der Waals surface area contributed by atoms with E-state index in [0.29, 0.717) is 45.2 Å². The number of halogens is 4. The molecule has 1 aliphatic rings. The summed E-state index contributed by atoms with van der Waals surface area (Å²) in [7, 11) is 0. The topological polar surface area (TPSA) is 60.0 Å². The predicted octanol–water partition coefficient (Wildman–Crippen LogP) is 3.93. The quantitative estimate of drug-likeness (QED) is 0.318. The number of aliphatic imine (C=N–C) groups is 1. The Morgan fingerprint density at radius 1 is 1.10 bits per heavy atom. The second-order valence-corrected chi connectivity index (χ2v) is 7.75. The summed E-state index contributed by atoms with van der Waals surface area (Å²) in [6.07, 6.45) is -4.21. The minimum atomic E-state index is -4.21. The van der Waals surface area contributed by atoms with Crippen LogP contribution < -0.4 is 10.6 Å². The van der Waals surface area contributed by atoms with Crippen molar-refractivity contribution in [2.45, 2.75) is 46.5 Å². The number of rotatable bonds is 6. The van der Waals surface area contributed by atoms with Crippen LogP contribution in [0.2, 0.25) is 0 Å². The number of nitrogens with one attached hydrogen (secondary N) is 2. The van der Waals surface area contributed by atoms with Crippen LogP contribution in [-0.4, -0.2) is 66.6 Å². The average molecular weight is 555 g/mol. The number of anilines is 1. The number of hydrogen-bond acceptors (Lipinski definition) is 3. The number of benzene rings is 1. The van der Waals surface area contributed by atoms with Crippen molar-refractivity contribution in [3.63, 3.8) is 0 Å². The normalized spacial score (nSPS) is 16.6. The number of carbonyl (C=O) groups is 1. The molecular weight excluding hydrogens is 522 g/mol. The maximum atomic E-state index is 12.9. The third-order valence-electron chi connectivity index (χ3n) is 5.13. The van der Waals surface area contributed by atoms with Gasteiger partial charge in [0.1, 0.15) is 6.04 Å². The lowest BCUT2D eigenvalue weighted by Crippen LogP contribution is -2.56. The molecule has 1 fully saturated rings. The molecule has 0 spiro atoms. The number of nitrogens with zero attached hydrogens (tertiary/aromatic N) is 3. The Morgan fingerprint density at radius 3 is 2.16 bits per heavy atom. The molecule has 31 heavy (non-hydrogen) atoms. The van der Waals surface area contributed by atoms with Gasteiger partial charge in [0, 0.05) is 44.3 Å². The molecule has 1 amide bonds. The maximum Gasteiger partial charge on any atom is 0.403 e. The van der Waals surface area contributed by atoms with E-state index in [1.165, 1.54) is 11.8 Å². The molecule has 1 heterocycles. The van der Waals surface area contributed by atoms with E-state index >= 15 is 0 Å². The standard InChI is InChI=1S/C21H32F3N5O.HI/c1-5-25-20(29-12-10-28(11-13-29)16(4)21(22,23)24)26-14-17-6-8-18(9-7-17)27-19(30)15(2)3;/h6-9,15-16H,5,10-14H2,1-4H3,(H,25,26)(H,27,30);1H. The van der Waals surface area contributed by atoms with Gasteiger partial charge in [0.2, 0.25) is 5.91 Å². The van der Waals surface area contributed by atoms with Gasteiger partial charge in [0.05, 0.1) is 6.54 Å². The lowest BCUT2D eigenvalue weighted by molar-refractivity contribution is -0.181. The first-order valence-corrected chi connectivity index (χ1v) is 10.4. The largest absolute Gasteiger partial charge is 0.403 e. The van der Waals surface area contributed by atoms with Gasteiger partial charge in [-0.2, -0.15) is 13.2 Å². The summed E-state index contributed by atoms with van der Waals surface area (Å²) < 4.78 is 38.8. The van der Waals surface area contributed by atoms with Gasteiger partial charge in [0.15, 0.2) is 5.96 Å². The fourth-order valence-electron chi connectivity index (χ4n) is 3.10. The molecule has 176 valence electrons. The summed E-state index contributed by atoms with van der Waals surface area (Å²) in [5, 5.41) is 6.07. The van der Waals surface area contributed by atoms with Gasteiger partial charge in [-0.3, -0.25) is 9.69 Å². The van der Waals surface area contributed by atoms with E-state index in [2.05, 4.69) is 15.6 Å². The van der Waals surface area contributed by atoms with E-state index in [4.69, 9.17) is 0 Å². The first-order chi connectivity index (χ1) is 14.1. The summed E-state index contributed by atoms with van der Waals surface area (Å²) in [5.74, 6) is 0.583. The van der Waals surface area contributed by atoms with E-state index < -0.39 is 12.2 Å². The van der Waals surface area contributed by atoms with Gasteiger partial charge < -0.3 is 15.5 Å². The second-order valence-electron chi connectivity index (χ2n) is 7.75. The van der Waals surface area contributed by atoms with E-state index in [-0.39, 0.29) is 35.8 Å². The first-order valence-electron chi connectivity index (χ1n) is 10.4. The van der Waals surface area contributed by atoms with E-state index in [0.717, 1.165) is 11.3 Å². The van der Waals surface area contributed by atoms with E-state index in [1.54, 1.807) is 0 Å². The highest BCUT2D eigenvalue weighted by atomic mass is 127. The van der Waals surface area contributed by atoms with E-state index in [1.807, 2.05) is 49.9 Å². The molecule has 2 rings (SSSR count). The molecule has 1 atom stereocenters. The van der Waals surface area contributed by atoms with Gasteiger partial charge in [-0.1, -0.05) is 26.0 Å². The maximum absolute atomic E-state index is 12.9. The summed E-state index contributed by atoms with van der Waals surface area (Å²) in [5.41, 5.74) is 1.72. The fourth-order valence-corrected chi connectivity index (χ4v) is 3.10. The lowest BCUT2D eigenvalue weighted by Gasteiger charge is -2.39.